The fraction of sp³-hybridized carbons (Fsp3) is 0.211. The molecule has 1 atom stereocenters. The van der Waals surface area contributed by atoms with Crippen molar-refractivity contribution < 1.29 is 27.5 Å². The topological polar surface area (TPSA) is 75.9 Å². The van der Waals surface area contributed by atoms with E-state index in [0.717, 1.165) is 12.1 Å². The minimum Gasteiger partial charge on any atom is -0.489 e. The van der Waals surface area contributed by atoms with Gasteiger partial charge in [0.15, 0.2) is 5.69 Å². The zero-order valence-electron chi connectivity index (χ0n) is 15.1. The second-order valence-corrected chi connectivity index (χ2v) is 6.50. The van der Waals surface area contributed by atoms with Crippen molar-refractivity contribution in [1.82, 2.24) is 14.7 Å². The molecule has 0 aliphatic carbocycles. The van der Waals surface area contributed by atoms with E-state index in [1.54, 1.807) is 31.3 Å². The van der Waals surface area contributed by atoms with Gasteiger partial charge < -0.3 is 19.4 Å². The number of nitrogens with zero attached hydrogens (tertiary/aromatic N) is 3. The van der Waals surface area contributed by atoms with Gasteiger partial charge in [-0.3, -0.25) is 9.59 Å². The lowest BCUT2D eigenvalue weighted by atomic mass is 10.2. The third-order valence-electron chi connectivity index (χ3n) is 4.65. The van der Waals surface area contributed by atoms with Crippen LogP contribution >= 0.6 is 0 Å². The molecule has 7 nitrogen and oxygen atoms in total. The number of rotatable bonds is 2. The van der Waals surface area contributed by atoms with Crippen LogP contribution in [0.3, 0.4) is 0 Å². The molecule has 3 heterocycles. The normalized spacial score (nSPS) is 16.9. The van der Waals surface area contributed by atoms with Gasteiger partial charge in [0, 0.05) is 13.2 Å². The van der Waals surface area contributed by atoms with E-state index in [1.807, 2.05) is 0 Å². The number of pyridine rings is 1. The molecule has 0 spiro atoms. The van der Waals surface area contributed by atoms with E-state index in [-0.39, 0.29) is 17.8 Å². The number of hydrogen-bond donors (Lipinski definition) is 1. The number of benzene rings is 1. The fourth-order valence-electron chi connectivity index (χ4n) is 3.12. The quantitative estimate of drug-likeness (QED) is 0.712. The van der Waals surface area contributed by atoms with Gasteiger partial charge in [-0.2, -0.15) is 13.2 Å². The molecule has 150 valence electrons. The molecule has 1 N–H and O–H groups in total. The van der Waals surface area contributed by atoms with Crippen molar-refractivity contribution in [3.05, 3.63) is 60.2 Å². The molecule has 3 aromatic rings. The maximum Gasteiger partial charge on any atom is 0.416 e. The first-order valence-corrected chi connectivity index (χ1v) is 8.60. The van der Waals surface area contributed by atoms with Crippen LogP contribution in [0.5, 0.6) is 5.75 Å². The van der Waals surface area contributed by atoms with Gasteiger partial charge in [-0.05, 0) is 24.3 Å². The highest BCUT2D eigenvalue weighted by molar-refractivity contribution is 6.05. The lowest BCUT2D eigenvalue weighted by Gasteiger charge is -2.20. The number of carbonyl (C=O) groups excluding carboxylic acids is 2. The number of hydrogen-bond acceptors (Lipinski definition) is 4. The van der Waals surface area contributed by atoms with Crippen molar-refractivity contribution in [2.45, 2.75) is 12.2 Å². The molecule has 0 radical (unpaired) electrons. The largest absolute Gasteiger partial charge is 0.489 e. The average Bonchev–Trinajstić information content (AvgIpc) is 3.08. The first kappa shape index (κ1) is 18.8. The van der Waals surface area contributed by atoms with Crippen molar-refractivity contribution in [3.63, 3.8) is 0 Å². The summed E-state index contributed by atoms with van der Waals surface area (Å²) in [4.78, 5) is 30.7. The summed E-state index contributed by atoms with van der Waals surface area (Å²) in [6.07, 6.45) is -2.15. The molecule has 4 rings (SSSR count). The van der Waals surface area contributed by atoms with Crippen molar-refractivity contribution in [2.24, 2.45) is 0 Å². The third kappa shape index (κ3) is 3.37. The molecule has 0 saturated carbocycles. The van der Waals surface area contributed by atoms with Crippen LogP contribution in [-0.4, -0.2) is 40.9 Å². The molecule has 0 saturated heterocycles. The molecule has 0 bridgehead atoms. The molecule has 1 aliphatic rings. The summed E-state index contributed by atoms with van der Waals surface area (Å²) in [6.45, 7) is -0.120. The van der Waals surface area contributed by atoms with Crippen LogP contribution in [0.25, 0.3) is 5.52 Å². The standard InChI is InChI=1S/C19H15F3N4O3/c1-25-13-4-2-3-5-15(13)29-9-12(18(25)28)24-17(27)16-14-8-11(19(20,21)22)6-7-26(14)10-23-16/h2-8,10,12H,9H2,1H3,(H,24,27)/t12-/m0/s1. The molecule has 29 heavy (non-hydrogen) atoms. The van der Waals surface area contributed by atoms with E-state index < -0.39 is 29.6 Å². The Labute approximate surface area is 162 Å². The second kappa shape index (κ2) is 6.80. The Morgan fingerprint density at radius 3 is 2.79 bits per heavy atom. The van der Waals surface area contributed by atoms with Crippen LogP contribution in [0.1, 0.15) is 16.1 Å². The fourth-order valence-corrected chi connectivity index (χ4v) is 3.12. The Hall–Kier alpha value is -3.56. The van der Waals surface area contributed by atoms with Crippen molar-refractivity contribution in [2.75, 3.05) is 18.6 Å². The summed E-state index contributed by atoms with van der Waals surface area (Å²) >= 11 is 0. The molecule has 10 heteroatoms. The predicted molar refractivity (Wildman–Crippen MR) is 96.8 cm³/mol. The van der Waals surface area contributed by atoms with Gasteiger partial charge in [0.25, 0.3) is 11.8 Å². The number of ether oxygens (including phenoxy) is 1. The zero-order chi connectivity index (χ0) is 20.8. The Bertz CT molecular complexity index is 1110. The monoisotopic (exact) mass is 404 g/mol. The van der Waals surface area contributed by atoms with Crippen molar-refractivity contribution in [1.29, 1.82) is 0 Å². The van der Waals surface area contributed by atoms with Crippen LogP contribution in [0.15, 0.2) is 48.9 Å². The van der Waals surface area contributed by atoms with Gasteiger partial charge in [-0.1, -0.05) is 12.1 Å². The number of para-hydroxylation sites is 2. The van der Waals surface area contributed by atoms with Gasteiger partial charge in [0.2, 0.25) is 0 Å². The van der Waals surface area contributed by atoms with Crippen LogP contribution in [0, 0.1) is 0 Å². The Kier molecular flexibility index (Phi) is 4.40. The number of anilines is 1. The lowest BCUT2D eigenvalue weighted by molar-refractivity contribution is -0.137. The maximum atomic E-state index is 13.0. The molecule has 0 unspecified atom stereocenters. The number of halogens is 3. The highest BCUT2D eigenvalue weighted by atomic mass is 19.4. The smallest absolute Gasteiger partial charge is 0.416 e. The summed E-state index contributed by atoms with van der Waals surface area (Å²) in [5, 5.41) is 2.51. The van der Waals surface area contributed by atoms with Gasteiger partial charge in [-0.15, -0.1) is 0 Å². The number of alkyl halides is 3. The first-order valence-electron chi connectivity index (χ1n) is 8.60. The van der Waals surface area contributed by atoms with E-state index >= 15 is 0 Å². The summed E-state index contributed by atoms with van der Waals surface area (Å²) in [7, 11) is 1.55. The van der Waals surface area contributed by atoms with E-state index in [1.165, 1.54) is 21.8 Å². The predicted octanol–water partition coefficient (Wildman–Crippen LogP) is 2.51. The highest BCUT2D eigenvalue weighted by Gasteiger charge is 2.33. The number of fused-ring (bicyclic) bond motifs is 2. The molecular formula is C19H15F3N4O3. The summed E-state index contributed by atoms with van der Waals surface area (Å²) in [5.41, 5.74) is -0.579. The van der Waals surface area contributed by atoms with E-state index in [4.69, 9.17) is 4.74 Å². The van der Waals surface area contributed by atoms with E-state index in [2.05, 4.69) is 10.3 Å². The van der Waals surface area contributed by atoms with Gasteiger partial charge in [-0.25, -0.2) is 4.98 Å². The number of nitrogens with one attached hydrogen (secondary N) is 1. The van der Waals surface area contributed by atoms with Crippen LogP contribution in [-0.2, 0) is 11.0 Å². The Morgan fingerprint density at radius 1 is 1.28 bits per heavy atom. The maximum absolute atomic E-state index is 13.0. The van der Waals surface area contributed by atoms with Crippen LogP contribution in [0.2, 0.25) is 0 Å². The first-order chi connectivity index (χ1) is 13.8. The minimum atomic E-state index is -4.56. The molecular weight excluding hydrogens is 389 g/mol. The van der Waals surface area contributed by atoms with Crippen LogP contribution in [0.4, 0.5) is 18.9 Å². The average molecular weight is 404 g/mol. The number of likely N-dealkylation sites (N-methyl/N-ethyl adjacent to an activating group) is 1. The summed E-state index contributed by atoms with van der Waals surface area (Å²) < 4.78 is 45.9. The Morgan fingerprint density at radius 2 is 2.03 bits per heavy atom. The second-order valence-electron chi connectivity index (χ2n) is 6.50. The van der Waals surface area contributed by atoms with Crippen molar-refractivity contribution in [3.8, 4) is 5.75 Å². The molecule has 2 aromatic heterocycles. The Balaban J connectivity index is 1.61. The summed E-state index contributed by atoms with van der Waals surface area (Å²) in [5.74, 6) is -0.696. The molecule has 1 aliphatic heterocycles. The number of aromatic nitrogens is 2. The minimum absolute atomic E-state index is 0.0176. The van der Waals surface area contributed by atoms with Gasteiger partial charge >= 0.3 is 6.18 Å². The number of amides is 2. The number of imidazole rings is 1. The molecule has 0 fully saturated rings. The SMILES string of the molecule is CN1C(=O)[C@@H](NC(=O)c2ncn3ccc(C(F)(F)F)cc23)COc2ccccc21. The van der Waals surface area contributed by atoms with Crippen molar-refractivity contribution >= 4 is 23.0 Å². The summed E-state index contributed by atoms with van der Waals surface area (Å²) in [6, 6.07) is 7.62. The van der Waals surface area contributed by atoms with E-state index in [9.17, 15) is 22.8 Å². The van der Waals surface area contributed by atoms with Gasteiger partial charge in [0.1, 0.15) is 24.7 Å². The number of carbonyl (C=O) groups is 2. The molecule has 2 amide bonds. The highest BCUT2D eigenvalue weighted by Crippen LogP contribution is 2.31. The lowest BCUT2D eigenvalue weighted by Crippen LogP contribution is -2.49. The third-order valence-corrected chi connectivity index (χ3v) is 4.65. The molecule has 1 aromatic carbocycles. The zero-order valence-corrected chi connectivity index (χ0v) is 15.1. The van der Waals surface area contributed by atoms with Crippen LogP contribution < -0.4 is 15.0 Å². The van der Waals surface area contributed by atoms with E-state index in [0.29, 0.717) is 11.4 Å². The van der Waals surface area contributed by atoms with Gasteiger partial charge in [0.05, 0.1) is 16.8 Å².